The molecular weight excluding hydrogens is 392 g/mol. The summed E-state index contributed by atoms with van der Waals surface area (Å²) in [4.78, 5) is 34.1. The Hall–Kier alpha value is -2.93. The van der Waals surface area contributed by atoms with Crippen molar-refractivity contribution >= 4 is 12.0 Å². The summed E-state index contributed by atoms with van der Waals surface area (Å²) in [6.45, 7) is 7.81. The second-order valence-electron chi connectivity index (χ2n) is 7.99. The molecule has 1 saturated heterocycles. The van der Waals surface area contributed by atoms with E-state index in [0.717, 1.165) is 37.3 Å². The van der Waals surface area contributed by atoms with Gasteiger partial charge in [-0.2, -0.15) is 0 Å². The molecule has 1 aromatic heterocycles. The number of carbonyl (C=O) groups excluding carboxylic acids is 2. The van der Waals surface area contributed by atoms with Crippen LogP contribution in [0.25, 0.3) is 0 Å². The smallest absolute Gasteiger partial charge is 0.408 e. The Morgan fingerprint density at radius 2 is 1.77 bits per heavy atom. The average molecular weight is 425 g/mol. The highest BCUT2D eigenvalue weighted by Crippen LogP contribution is 2.14. The standard InChI is InChI=1S/C24H32N4O3/c1-3-19(2)22(26-24(30)31-18-20-9-5-4-6-10-20)23(29)28-15-13-27(14-16-28)17-21-11-7-8-12-25-21/h4-12,19,22H,3,13-18H2,1-2H3,(H,26,30)/t19-,22-/m0/s1. The number of hydrogen-bond acceptors (Lipinski definition) is 5. The van der Waals surface area contributed by atoms with Crippen LogP contribution in [0.5, 0.6) is 0 Å². The molecule has 1 aliphatic heterocycles. The van der Waals surface area contributed by atoms with E-state index in [0.29, 0.717) is 13.1 Å². The van der Waals surface area contributed by atoms with Crippen LogP contribution in [-0.2, 0) is 22.7 Å². The number of nitrogens with one attached hydrogen (secondary N) is 1. The molecule has 31 heavy (non-hydrogen) atoms. The van der Waals surface area contributed by atoms with Crippen molar-refractivity contribution in [3.05, 3.63) is 66.0 Å². The van der Waals surface area contributed by atoms with Crippen LogP contribution in [0.3, 0.4) is 0 Å². The first-order chi connectivity index (χ1) is 15.1. The minimum absolute atomic E-state index is 0.0170. The molecule has 7 heteroatoms. The molecule has 166 valence electrons. The minimum atomic E-state index is -0.587. The molecule has 2 aromatic rings. The van der Waals surface area contributed by atoms with Crippen molar-refractivity contribution in [3.63, 3.8) is 0 Å². The first kappa shape index (κ1) is 22.7. The van der Waals surface area contributed by atoms with Gasteiger partial charge in [-0.05, 0) is 23.6 Å². The average Bonchev–Trinajstić information content (AvgIpc) is 2.82. The van der Waals surface area contributed by atoms with Gasteiger partial charge in [0.1, 0.15) is 12.6 Å². The van der Waals surface area contributed by atoms with Crippen LogP contribution in [0.1, 0.15) is 31.5 Å². The lowest BCUT2D eigenvalue weighted by atomic mass is 9.97. The zero-order valence-corrected chi connectivity index (χ0v) is 18.4. The Labute approximate surface area is 184 Å². The molecule has 0 spiro atoms. The van der Waals surface area contributed by atoms with Gasteiger partial charge in [0.25, 0.3) is 0 Å². The summed E-state index contributed by atoms with van der Waals surface area (Å²) in [6, 6.07) is 14.8. The largest absolute Gasteiger partial charge is 0.445 e. The van der Waals surface area contributed by atoms with Crippen molar-refractivity contribution in [2.75, 3.05) is 26.2 Å². The lowest BCUT2D eigenvalue weighted by molar-refractivity contribution is -0.136. The molecule has 0 radical (unpaired) electrons. The molecule has 1 aromatic carbocycles. The SMILES string of the molecule is CC[C@H](C)[C@H](NC(=O)OCc1ccccc1)C(=O)N1CCN(Cc2ccccn2)CC1. The number of carbonyl (C=O) groups is 2. The predicted molar refractivity (Wildman–Crippen MR) is 119 cm³/mol. The van der Waals surface area contributed by atoms with Crippen LogP contribution >= 0.6 is 0 Å². The Balaban J connectivity index is 1.51. The third kappa shape index (κ3) is 6.79. The number of ether oxygens (including phenoxy) is 1. The fraction of sp³-hybridized carbons (Fsp3) is 0.458. The molecule has 2 heterocycles. The molecule has 7 nitrogen and oxygen atoms in total. The molecule has 2 atom stereocenters. The number of amides is 2. The number of alkyl carbamates (subject to hydrolysis) is 1. The molecule has 1 N–H and O–H groups in total. The number of benzene rings is 1. The van der Waals surface area contributed by atoms with Crippen LogP contribution in [0.4, 0.5) is 4.79 Å². The predicted octanol–water partition coefficient (Wildman–Crippen LogP) is 3.07. The number of pyridine rings is 1. The summed E-state index contributed by atoms with van der Waals surface area (Å²) >= 11 is 0. The molecule has 2 amide bonds. The lowest BCUT2D eigenvalue weighted by Crippen LogP contribution is -2.56. The van der Waals surface area contributed by atoms with Gasteiger partial charge in [-0.3, -0.25) is 14.7 Å². The molecular formula is C24H32N4O3. The van der Waals surface area contributed by atoms with Gasteiger partial charge in [-0.15, -0.1) is 0 Å². The maximum absolute atomic E-state index is 13.2. The summed E-state index contributed by atoms with van der Waals surface area (Å²) in [5.74, 6) is -0.0215. The van der Waals surface area contributed by atoms with Crippen LogP contribution in [0.2, 0.25) is 0 Å². The number of piperazine rings is 1. The van der Waals surface area contributed by atoms with E-state index in [1.807, 2.05) is 67.3 Å². The maximum atomic E-state index is 13.2. The van der Waals surface area contributed by atoms with Gasteiger partial charge in [0.15, 0.2) is 0 Å². The minimum Gasteiger partial charge on any atom is -0.445 e. The highest BCUT2D eigenvalue weighted by atomic mass is 16.5. The van der Waals surface area contributed by atoms with E-state index in [1.54, 1.807) is 6.20 Å². The third-order valence-corrected chi connectivity index (χ3v) is 5.76. The van der Waals surface area contributed by atoms with Crippen molar-refractivity contribution in [1.29, 1.82) is 0 Å². The normalized spacial score (nSPS) is 16.4. The zero-order valence-electron chi connectivity index (χ0n) is 18.4. The lowest BCUT2D eigenvalue weighted by Gasteiger charge is -2.37. The van der Waals surface area contributed by atoms with Crippen LogP contribution < -0.4 is 5.32 Å². The Bertz CT molecular complexity index is 823. The summed E-state index contributed by atoms with van der Waals surface area (Å²) in [7, 11) is 0. The molecule has 0 unspecified atom stereocenters. The summed E-state index contributed by atoms with van der Waals surface area (Å²) in [5.41, 5.74) is 1.94. The van der Waals surface area contributed by atoms with E-state index < -0.39 is 12.1 Å². The monoisotopic (exact) mass is 424 g/mol. The molecule has 1 aliphatic rings. The van der Waals surface area contributed by atoms with Gasteiger partial charge in [-0.25, -0.2) is 4.79 Å². The van der Waals surface area contributed by atoms with Gasteiger partial charge in [-0.1, -0.05) is 56.7 Å². The van der Waals surface area contributed by atoms with Gasteiger partial charge in [0, 0.05) is 38.9 Å². The topological polar surface area (TPSA) is 74.8 Å². The quantitative estimate of drug-likeness (QED) is 0.705. The van der Waals surface area contributed by atoms with Crippen molar-refractivity contribution in [1.82, 2.24) is 20.1 Å². The number of rotatable bonds is 8. The molecule has 3 rings (SSSR count). The van der Waals surface area contributed by atoms with Crippen molar-refractivity contribution in [2.45, 2.75) is 39.5 Å². The second-order valence-corrected chi connectivity index (χ2v) is 7.99. The van der Waals surface area contributed by atoms with E-state index in [9.17, 15) is 9.59 Å². The van der Waals surface area contributed by atoms with Gasteiger partial charge < -0.3 is 15.0 Å². The first-order valence-electron chi connectivity index (χ1n) is 10.9. The fourth-order valence-corrected chi connectivity index (χ4v) is 3.62. The van der Waals surface area contributed by atoms with Gasteiger partial charge in [0.2, 0.25) is 5.91 Å². The first-order valence-corrected chi connectivity index (χ1v) is 10.9. The van der Waals surface area contributed by atoms with E-state index in [-0.39, 0.29) is 18.4 Å². The Morgan fingerprint density at radius 1 is 1.06 bits per heavy atom. The van der Waals surface area contributed by atoms with Crippen LogP contribution in [-0.4, -0.2) is 59.0 Å². The zero-order chi connectivity index (χ0) is 22.1. The highest BCUT2D eigenvalue weighted by molar-refractivity contribution is 5.86. The third-order valence-electron chi connectivity index (χ3n) is 5.76. The van der Waals surface area contributed by atoms with E-state index >= 15 is 0 Å². The van der Waals surface area contributed by atoms with E-state index in [4.69, 9.17) is 4.74 Å². The van der Waals surface area contributed by atoms with Crippen molar-refractivity contribution in [2.24, 2.45) is 5.92 Å². The van der Waals surface area contributed by atoms with E-state index in [1.165, 1.54) is 0 Å². The maximum Gasteiger partial charge on any atom is 0.408 e. The van der Waals surface area contributed by atoms with Crippen molar-refractivity contribution in [3.8, 4) is 0 Å². The Morgan fingerprint density at radius 3 is 2.42 bits per heavy atom. The fourth-order valence-electron chi connectivity index (χ4n) is 3.62. The van der Waals surface area contributed by atoms with Gasteiger partial charge >= 0.3 is 6.09 Å². The summed E-state index contributed by atoms with van der Waals surface area (Å²) < 4.78 is 5.34. The van der Waals surface area contributed by atoms with Crippen LogP contribution in [0, 0.1) is 5.92 Å². The van der Waals surface area contributed by atoms with Gasteiger partial charge in [0.05, 0.1) is 5.69 Å². The number of hydrogen-bond donors (Lipinski definition) is 1. The highest BCUT2D eigenvalue weighted by Gasteiger charge is 2.32. The molecule has 0 aliphatic carbocycles. The number of nitrogens with zero attached hydrogens (tertiary/aromatic N) is 3. The second kappa shape index (κ2) is 11.5. The molecule has 1 fully saturated rings. The van der Waals surface area contributed by atoms with Crippen LogP contribution in [0.15, 0.2) is 54.7 Å². The molecule has 0 bridgehead atoms. The summed E-state index contributed by atoms with van der Waals surface area (Å²) in [5, 5.41) is 2.81. The molecule has 0 saturated carbocycles. The summed E-state index contributed by atoms with van der Waals surface area (Å²) in [6.07, 6.45) is 2.03. The Kier molecular flexibility index (Phi) is 8.41. The van der Waals surface area contributed by atoms with E-state index in [2.05, 4.69) is 15.2 Å². The number of aromatic nitrogens is 1. The van der Waals surface area contributed by atoms with Crippen molar-refractivity contribution < 1.29 is 14.3 Å².